The minimum absolute atomic E-state index is 0. The Morgan fingerprint density at radius 2 is 2.06 bits per heavy atom. The number of rotatable bonds is 3. The van der Waals surface area contributed by atoms with E-state index in [-0.39, 0.29) is 18.4 Å². The second kappa shape index (κ2) is 5.50. The van der Waals surface area contributed by atoms with Gasteiger partial charge in [-0.2, -0.15) is 0 Å². The van der Waals surface area contributed by atoms with Gasteiger partial charge < -0.3 is 10.8 Å². The first-order valence-electron chi connectivity index (χ1n) is 5.29. The summed E-state index contributed by atoms with van der Waals surface area (Å²) in [5.41, 5.74) is 8.24. The van der Waals surface area contributed by atoms with Crippen molar-refractivity contribution in [1.29, 1.82) is 0 Å². The molecule has 1 aliphatic rings. The first kappa shape index (κ1) is 14.0. The standard InChI is InChI=1S/C12H16BrNO.ClH/c1-7-2-5-9(10(13)6-7)11(14)12(15)8-3-4-8;/h2,5-6,8,11-12,15H,3-4,14H2,1H3;1H/t11-,12+;/m1./s1. The molecule has 1 aliphatic carbocycles. The second-order valence-electron chi connectivity index (χ2n) is 4.38. The van der Waals surface area contributed by atoms with Crippen molar-refractivity contribution < 1.29 is 5.11 Å². The lowest BCUT2D eigenvalue weighted by Crippen LogP contribution is -2.28. The molecule has 1 aromatic carbocycles. The van der Waals surface area contributed by atoms with Gasteiger partial charge in [0.2, 0.25) is 0 Å². The molecule has 16 heavy (non-hydrogen) atoms. The average molecular weight is 307 g/mol. The highest BCUT2D eigenvalue weighted by Crippen LogP contribution is 2.38. The molecule has 1 fully saturated rings. The maximum Gasteiger partial charge on any atom is 0.0761 e. The summed E-state index contributed by atoms with van der Waals surface area (Å²) in [6.45, 7) is 2.04. The molecule has 2 rings (SSSR count). The molecule has 1 saturated carbocycles. The number of nitrogens with two attached hydrogens (primary N) is 1. The third kappa shape index (κ3) is 2.98. The van der Waals surface area contributed by atoms with Crippen molar-refractivity contribution in [3.05, 3.63) is 33.8 Å². The van der Waals surface area contributed by atoms with Crippen molar-refractivity contribution in [3.63, 3.8) is 0 Å². The van der Waals surface area contributed by atoms with Crippen LogP contribution in [0.3, 0.4) is 0 Å². The molecule has 0 aromatic heterocycles. The van der Waals surface area contributed by atoms with Crippen LogP contribution in [-0.2, 0) is 0 Å². The molecule has 0 saturated heterocycles. The minimum Gasteiger partial charge on any atom is -0.391 e. The molecule has 90 valence electrons. The van der Waals surface area contributed by atoms with Gasteiger partial charge in [0.25, 0.3) is 0 Å². The molecule has 1 aromatic rings. The summed E-state index contributed by atoms with van der Waals surface area (Å²) >= 11 is 3.49. The zero-order valence-electron chi connectivity index (χ0n) is 9.19. The van der Waals surface area contributed by atoms with E-state index >= 15 is 0 Å². The van der Waals surface area contributed by atoms with Gasteiger partial charge in [0.15, 0.2) is 0 Å². The molecule has 4 heteroatoms. The number of aryl methyl sites for hydroxylation is 1. The predicted octanol–water partition coefficient (Wildman–Crippen LogP) is 2.95. The molecule has 0 bridgehead atoms. The molecule has 0 heterocycles. The Morgan fingerprint density at radius 3 is 2.56 bits per heavy atom. The average Bonchev–Trinajstić information content (AvgIpc) is 2.99. The Bertz CT molecular complexity index is 368. The van der Waals surface area contributed by atoms with Crippen molar-refractivity contribution in [3.8, 4) is 0 Å². The Morgan fingerprint density at radius 1 is 1.44 bits per heavy atom. The summed E-state index contributed by atoms with van der Waals surface area (Å²) in [7, 11) is 0. The third-order valence-electron chi connectivity index (χ3n) is 2.99. The second-order valence-corrected chi connectivity index (χ2v) is 5.23. The summed E-state index contributed by atoms with van der Waals surface area (Å²) in [5, 5.41) is 9.96. The predicted molar refractivity (Wildman–Crippen MR) is 71.8 cm³/mol. The maximum absolute atomic E-state index is 9.96. The summed E-state index contributed by atoms with van der Waals surface area (Å²) < 4.78 is 0.995. The number of hydrogen-bond donors (Lipinski definition) is 2. The smallest absolute Gasteiger partial charge is 0.0761 e. The monoisotopic (exact) mass is 305 g/mol. The van der Waals surface area contributed by atoms with Gasteiger partial charge in [-0.15, -0.1) is 12.4 Å². The van der Waals surface area contributed by atoms with Crippen LogP contribution >= 0.6 is 28.3 Å². The molecule has 0 aliphatic heterocycles. The Labute approximate surface area is 111 Å². The fourth-order valence-electron chi connectivity index (χ4n) is 1.82. The lowest BCUT2D eigenvalue weighted by atomic mass is 9.98. The van der Waals surface area contributed by atoms with Crippen molar-refractivity contribution >= 4 is 28.3 Å². The molecule has 2 nitrogen and oxygen atoms in total. The van der Waals surface area contributed by atoms with E-state index in [1.807, 2.05) is 25.1 Å². The first-order valence-corrected chi connectivity index (χ1v) is 6.08. The number of hydrogen-bond acceptors (Lipinski definition) is 2. The summed E-state index contributed by atoms with van der Waals surface area (Å²) in [4.78, 5) is 0. The highest BCUT2D eigenvalue weighted by atomic mass is 79.9. The number of halogens is 2. The van der Waals surface area contributed by atoms with Gasteiger partial charge in [0.1, 0.15) is 0 Å². The molecule has 2 atom stereocenters. The van der Waals surface area contributed by atoms with E-state index in [1.165, 1.54) is 5.56 Å². The van der Waals surface area contributed by atoms with Crippen molar-refractivity contribution in [1.82, 2.24) is 0 Å². The van der Waals surface area contributed by atoms with Crippen LogP contribution in [0.25, 0.3) is 0 Å². The highest BCUT2D eigenvalue weighted by molar-refractivity contribution is 9.10. The van der Waals surface area contributed by atoms with Crippen molar-refractivity contribution in [2.75, 3.05) is 0 Å². The summed E-state index contributed by atoms with van der Waals surface area (Å²) in [5.74, 6) is 0.410. The minimum atomic E-state index is -0.399. The van der Waals surface area contributed by atoms with Gasteiger partial charge in [-0.3, -0.25) is 0 Å². The van der Waals surface area contributed by atoms with Crippen LogP contribution in [-0.4, -0.2) is 11.2 Å². The zero-order valence-corrected chi connectivity index (χ0v) is 11.6. The maximum atomic E-state index is 9.96. The van der Waals surface area contributed by atoms with Gasteiger partial charge in [0.05, 0.1) is 12.1 Å². The van der Waals surface area contributed by atoms with E-state index in [1.54, 1.807) is 0 Å². The molecular formula is C12H17BrClNO. The van der Waals surface area contributed by atoms with Crippen LogP contribution in [0.1, 0.15) is 30.0 Å². The van der Waals surface area contributed by atoms with E-state index in [2.05, 4.69) is 15.9 Å². The molecule has 0 amide bonds. The molecule has 3 N–H and O–H groups in total. The van der Waals surface area contributed by atoms with E-state index < -0.39 is 6.10 Å². The Balaban J connectivity index is 0.00000128. The fraction of sp³-hybridized carbons (Fsp3) is 0.500. The largest absolute Gasteiger partial charge is 0.391 e. The van der Waals surface area contributed by atoms with Crippen LogP contribution in [0.2, 0.25) is 0 Å². The van der Waals surface area contributed by atoms with Crippen LogP contribution in [0.4, 0.5) is 0 Å². The third-order valence-corrected chi connectivity index (χ3v) is 3.67. The van der Waals surface area contributed by atoms with Crippen LogP contribution < -0.4 is 5.73 Å². The molecular weight excluding hydrogens is 289 g/mol. The number of benzene rings is 1. The number of aliphatic hydroxyl groups is 1. The normalized spacial score (nSPS) is 18.8. The van der Waals surface area contributed by atoms with Gasteiger partial charge in [-0.05, 0) is 42.9 Å². The molecule has 0 unspecified atom stereocenters. The lowest BCUT2D eigenvalue weighted by Gasteiger charge is -2.20. The molecule has 0 spiro atoms. The Kier molecular flexibility index (Phi) is 4.80. The van der Waals surface area contributed by atoms with Crippen LogP contribution in [0, 0.1) is 12.8 Å². The van der Waals surface area contributed by atoms with Gasteiger partial charge >= 0.3 is 0 Å². The zero-order chi connectivity index (χ0) is 11.0. The van der Waals surface area contributed by atoms with Gasteiger partial charge in [-0.25, -0.2) is 0 Å². The molecule has 0 radical (unpaired) electrons. The fourth-order valence-corrected chi connectivity index (χ4v) is 2.58. The van der Waals surface area contributed by atoms with Gasteiger partial charge in [-0.1, -0.05) is 28.1 Å². The topological polar surface area (TPSA) is 46.2 Å². The highest BCUT2D eigenvalue weighted by Gasteiger charge is 2.34. The number of aliphatic hydroxyl groups excluding tert-OH is 1. The lowest BCUT2D eigenvalue weighted by molar-refractivity contribution is 0.122. The SMILES string of the molecule is Cc1ccc([C@@H](N)[C@@H](O)C2CC2)c(Br)c1.Cl. The van der Waals surface area contributed by atoms with Crippen molar-refractivity contribution in [2.24, 2.45) is 11.7 Å². The summed E-state index contributed by atoms with van der Waals surface area (Å²) in [6.07, 6.45) is 1.82. The quantitative estimate of drug-likeness (QED) is 0.902. The first-order chi connectivity index (χ1) is 7.09. The van der Waals surface area contributed by atoms with Gasteiger partial charge in [0, 0.05) is 4.47 Å². The van der Waals surface area contributed by atoms with E-state index in [0.717, 1.165) is 22.9 Å². The van der Waals surface area contributed by atoms with Crippen molar-refractivity contribution in [2.45, 2.75) is 31.9 Å². The van der Waals surface area contributed by atoms with Crippen LogP contribution in [0.15, 0.2) is 22.7 Å². The van der Waals surface area contributed by atoms with E-state index in [9.17, 15) is 5.11 Å². The Hall–Kier alpha value is -0.0900. The van der Waals surface area contributed by atoms with E-state index in [4.69, 9.17) is 5.73 Å². The van der Waals surface area contributed by atoms with Crippen LogP contribution in [0.5, 0.6) is 0 Å². The van der Waals surface area contributed by atoms with E-state index in [0.29, 0.717) is 5.92 Å². The summed E-state index contributed by atoms with van der Waals surface area (Å²) in [6, 6.07) is 5.79.